The Kier molecular flexibility index (Phi) is 7.60. The zero-order valence-electron chi connectivity index (χ0n) is 12.0. The van der Waals surface area contributed by atoms with Crippen molar-refractivity contribution in [2.24, 2.45) is 0 Å². The summed E-state index contributed by atoms with van der Waals surface area (Å²) in [6.45, 7) is 5.06. The number of thioether (sulfide) groups is 1. The predicted molar refractivity (Wildman–Crippen MR) is 82.4 cm³/mol. The van der Waals surface area contributed by atoms with Gasteiger partial charge in [-0.05, 0) is 37.6 Å². The van der Waals surface area contributed by atoms with E-state index in [0.29, 0.717) is 11.8 Å². The minimum absolute atomic E-state index is 0.123. The van der Waals surface area contributed by atoms with Crippen molar-refractivity contribution < 1.29 is 4.79 Å². The maximum Gasteiger partial charge on any atom is 0.230 e. The minimum atomic E-state index is 0.123. The normalized spacial score (nSPS) is 10.7. The monoisotopic (exact) mass is 280 g/mol. The zero-order chi connectivity index (χ0) is 14.1. The first-order valence-corrected chi connectivity index (χ1v) is 7.83. The molecule has 19 heavy (non-hydrogen) atoms. The summed E-state index contributed by atoms with van der Waals surface area (Å²) in [7, 11) is 1.93. The number of hydrogen-bond donors (Lipinski definition) is 2. The molecule has 0 aliphatic carbocycles. The molecular weight excluding hydrogens is 256 g/mol. The molecule has 0 aliphatic heterocycles. The lowest BCUT2D eigenvalue weighted by molar-refractivity contribution is -0.119. The molecule has 0 spiro atoms. The van der Waals surface area contributed by atoms with Crippen molar-refractivity contribution in [3.05, 3.63) is 29.8 Å². The summed E-state index contributed by atoms with van der Waals surface area (Å²) in [5.41, 5.74) is 1.24. The van der Waals surface area contributed by atoms with Gasteiger partial charge in [0.15, 0.2) is 0 Å². The molecule has 4 heteroatoms. The van der Waals surface area contributed by atoms with Gasteiger partial charge in [0, 0.05) is 17.5 Å². The summed E-state index contributed by atoms with van der Waals surface area (Å²) >= 11 is 1.59. The molecule has 0 aliphatic rings. The number of carbonyl (C=O) groups excluding carboxylic acids is 1. The molecule has 0 radical (unpaired) electrons. The molecule has 0 unspecified atom stereocenters. The third kappa shape index (κ3) is 6.12. The van der Waals surface area contributed by atoms with E-state index in [-0.39, 0.29) is 5.91 Å². The van der Waals surface area contributed by atoms with E-state index in [1.54, 1.807) is 11.8 Å². The third-order valence-corrected chi connectivity index (χ3v) is 3.99. The van der Waals surface area contributed by atoms with Gasteiger partial charge in [-0.15, -0.1) is 11.8 Å². The van der Waals surface area contributed by atoms with Gasteiger partial charge in [-0.25, -0.2) is 0 Å². The van der Waals surface area contributed by atoms with Gasteiger partial charge < -0.3 is 10.6 Å². The van der Waals surface area contributed by atoms with Crippen LogP contribution >= 0.6 is 11.8 Å². The highest BCUT2D eigenvalue weighted by atomic mass is 32.2. The Hall–Kier alpha value is -1.00. The van der Waals surface area contributed by atoms with Gasteiger partial charge in [-0.2, -0.15) is 0 Å². The SMILES string of the molecule is CCC(CC)NC(=O)CSc1cccc(CNC)c1. The van der Waals surface area contributed by atoms with Crippen LogP contribution in [0.4, 0.5) is 0 Å². The molecule has 0 heterocycles. The smallest absolute Gasteiger partial charge is 0.230 e. The van der Waals surface area contributed by atoms with Crippen LogP contribution in [0, 0.1) is 0 Å². The number of benzene rings is 1. The van der Waals surface area contributed by atoms with Crippen LogP contribution in [0.5, 0.6) is 0 Å². The van der Waals surface area contributed by atoms with Gasteiger partial charge in [0.25, 0.3) is 0 Å². The fraction of sp³-hybridized carbons (Fsp3) is 0.533. The Morgan fingerprint density at radius 1 is 1.32 bits per heavy atom. The van der Waals surface area contributed by atoms with Crippen LogP contribution in [0.2, 0.25) is 0 Å². The van der Waals surface area contributed by atoms with Gasteiger partial charge in [0.1, 0.15) is 0 Å². The second-order valence-corrected chi connectivity index (χ2v) is 5.60. The van der Waals surface area contributed by atoms with E-state index in [2.05, 4.69) is 36.6 Å². The van der Waals surface area contributed by atoms with E-state index < -0.39 is 0 Å². The van der Waals surface area contributed by atoms with Crippen LogP contribution in [-0.2, 0) is 11.3 Å². The fourth-order valence-electron chi connectivity index (χ4n) is 1.86. The average Bonchev–Trinajstić information content (AvgIpc) is 2.43. The van der Waals surface area contributed by atoms with E-state index in [9.17, 15) is 4.79 Å². The fourth-order valence-corrected chi connectivity index (χ4v) is 2.65. The Bertz CT molecular complexity index is 391. The summed E-state index contributed by atoms with van der Waals surface area (Å²) in [5.74, 6) is 0.609. The molecule has 0 aromatic heterocycles. The number of nitrogens with one attached hydrogen (secondary N) is 2. The quantitative estimate of drug-likeness (QED) is 0.720. The van der Waals surface area contributed by atoms with Crippen molar-refractivity contribution in [2.45, 2.75) is 44.2 Å². The molecule has 1 aromatic rings. The summed E-state index contributed by atoms with van der Waals surface area (Å²) in [5, 5.41) is 6.18. The van der Waals surface area contributed by atoms with Crippen molar-refractivity contribution >= 4 is 17.7 Å². The van der Waals surface area contributed by atoms with Crippen molar-refractivity contribution in [1.29, 1.82) is 0 Å². The van der Waals surface area contributed by atoms with Crippen LogP contribution in [0.1, 0.15) is 32.3 Å². The average molecular weight is 280 g/mol. The highest BCUT2D eigenvalue weighted by molar-refractivity contribution is 8.00. The lowest BCUT2D eigenvalue weighted by Gasteiger charge is -2.14. The maximum atomic E-state index is 11.8. The molecule has 106 valence electrons. The van der Waals surface area contributed by atoms with E-state index in [4.69, 9.17) is 0 Å². The van der Waals surface area contributed by atoms with Gasteiger partial charge in [0.05, 0.1) is 5.75 Å². The first kappa shape index (κ1) is 16.1. The van der Waals surface area contributed by atoms with Crippen molar-refractivity contribution in [1.82, 2.24) is 10.6 Å². The molecule has 0 saturated heterocycles. The summed E-state index contributed by atoms with van der Waals surface area (Å²) in [6.07, 6.45) is 1.98. The largest absolute Gasteiger partial charge is 0.353 e. The van der Waals surface area contributed by atoms with E-state index >= 15 is 0 Å². The van der Waals surface area contributed by atoms with Gasteiger partial charge in [-0.3, -0.25) is 4.79 Å². The van der Waals surface area contributed by atoms with Crippen molar-refractivity contribution in [3.63, 3.8) is 0 Å². The molecule has 0 atom stereocenters. The molecule has 3 nitrogen and oxygen atoms in total. The maximum absolute atomic E-state index is 11.8. The van der Waals surface area contributed by atoms with Crippen molar-refractivity contribution in [3.8, 4) is 0 Å². The number of carbonyl (C=O) groups is 1. The minimum Gasteiger partial charge on any atom is -0.353 e. The molecular formula is C15H24N2OS. The predicted octanol–water partition coefficient (Wildman–Crippen LogP) is 2.80. The first-order valence-electron chi connectivity index (χ1n) is 6.85. The summed E-state index contributed by atoms with van der Waals surface area (Å²) < 4.78 is 0. The summed E-state index contributed by atoms with van der Waals surface area (Å²) in [6, 6.07) is 8.61. The highest BCUT2D eigenvalue weighted by Crippen LogP contribution is 2.19. The highest BCUT2D eigenvalue weighted by Gasteiger charge is 2.08. The molecule has 1 aromatic carbocycles. The van der Waals surface area contributed by atoms with Crippen LogP contribution in [-0.4, -0.2) is 24.7 Å². The Balaban J connectivity index is 2.43. The molecule has 0 bridgehead atoms. The number of amides is 1. The van der Waals surface area contributed by atoms with E-state index in [0.717, 1.165) is 24.3 Å². The number of hydrogen-bond acceptors (Lipinski definition) is 3. The van der Waals surface area contributed by atoms with E-state index in [1.165, 1.54) is 5.56 Å². The van der Waals surface area contributed by atoms with Crippen LogP contribution in [0.3, 0.4) is 0 Å². The lowest BCUT2D eigenvalue weighted by Crippen LogP contribution is -2.34. The Morgan fingerprint density at radius 3 is 2.68 bits per heavy atom. The van der Waals surface area contributed by atoms with E-state index in [1.807, 2.05) is 19.2 Å². The Morgan fingerprint density at radius 2 is 2.05 bits per heavy atom. The molecule has 0 saturated carbocycles. The molecule has 0 fully saturated rings. The first-order chi connectivity index (χ1) is 9.19. The second kappa shape index (κ2) is 8.99. The Labute approximate surface area is 120 Å². The van der Waals surface area contributed by atoms with Crippen LogP contribution in [0.25, 0.3) is 0 Å². The van der Waals surface area contributed by atoms with Gasteiger partial charge in [0.2, 0.25) is 5.91 Å². The summed E-state index contributed by atoms with van der Waals surface area (Å²) in [4.78, 5) is 13.0. The second-order valence-electron chi connectivity index (χ2n) is 4.55. The van der Waals surface area contributed by atoms with Gasteiger partial charge >= 0.3 is 0 Å². The van der Waals surface area contributed by atoms with Crippen LogP contribution < -0.4 is 10.6 Å². The van der Waals surface area contributed by atoms with Crippen LogP contribution in [0.15, 0.2) is 29.2 Å². The third-order valence-electron chi connectivity index (χ3n) is 3.00. The van der Waals surface area contributed by atoms with Gasteiger partial charge in [-0.1, -0.05) is 26.0 Å². The molecule has 2 N–H and O–H groups in total. The lowest BCUT2D eigenvalue weighted by atomic mass is 10.2. The zero-order valence-corrected chi connectivity index (χ0v) is 12.8. The molecule has 1 rings (SSSR count). The van der Waals surface area contributed by atoms with Crippen molar-refractivity contribution in [2.75, 3.05) is 12.8 Å². The molecule has 1 amide bonds. The standard InChI is InChI=1S/C15H24N2OS/c1-4-13(5-2)17-15(18)11-19-14-8-6-7-12(9-14)10-16-3/h6-9,13,16H,4-5,10-11H2,1-3H3,(H,17,18). The number of rotatable bonds is 8. The topological polar surface area (TPSA) is 41.1 Å².